The first-order valence-corrected chi connectivity index (χ1v) is 10.1. The molecule has 3 nitrogen and oxygen atoms in total. The smallest absolute Gasteiger partial charge is 0.254 e. The van der Waals surface area contributed by atoms with Crippen LogP contribution in [0.2, 0.25) is 0 Å². The van der Waals surface area contributed by atoms with Crippen LogP contribution in [0.1, 0.15) is 53.5 Å². The highest BCUT2D eigenvalue weighted by molar-refractivity contribution is 5.94. The molecular formula is C25H30N2O. The van der Waals surface area contributed by atoms with E-state index in [4.69, 9.17) is 0 Å². The lowest BCUT2D eigenvalue weighted by Crippen LogP contribution is -2.37. The SMILES string of the molecule is CCc1ccc(C(=O)N(Cc2cccn2Cc2cccc(C)c2)C(C)C)cc1. The molecule has 0 radical (unpaired) electrons. The number of benzene rings is 2. The minimum absolute atomic E-state index is 0.0842. The third-order valence-electron chi connectivity index (χ3n) is 5.18. The molecule has 3 heteroatoms. The zero-order valence-corrected chi connectivity index (χ0v) is 17.4. The fourth-order valence-electron chi connectivity index (χ4n) is 3.47. The molecule has 1 aromatic heterocycles. The monoisotopic (exact) mass is 374 g/mol. The van der Waals surface area contributed by atoms with Crippen molar-refractivity contribution in [2.24, 2.45) is 0 Å². The van der Waals surface area contributed by atoms with Gasteiger partial charge >= 0.3 is 0 Å². The molecule has 0 bridgehead atoms. The van der Waals surface area contributed by atoms with Crippen LogP contribution in [0.3, 0.4) is 0 Å². The molecule has 0 aliphatic heterocycles. The van der Waals surface area contributed by atoms with E-state index in [-0.39, 0.29) is 11.9 Å². The summed E-state index contributed by atoms with van der Waals surface area (Å²) >= 11 is 0. The van der Waals surface area contributed by atoms with Crippen molar-refractivity contribution in [2.75, 3.05) is 0 Å². The molecule has 0 unspecified atom stereocenters. The maximum absolute atomic E-state index is 13.1. The van der Waals surface area contributed by atoms with Gasteiger partial charge in [-0.05, 0) is 62.6 Å². The van der Waals surface area contributed by atoms with E-state index in [1.165, 1.54) is 16.7 Å². The van der Waals surface area contributed by atoms with Crippen LogP contribution in [0.15, 0.2) is 66.9 Å². The highest BCUT2D eigenvalue weighted by atomic mass is 16.2. The van der Waals surface area contributed by atoms with E-state index in [1.54, 1.807) is 0 Å². The largest absolute Gasteiger partial charge is 0.345 e. The second-order valence-corrected chi connectivity index (χ2v) is 7.69. The topological polar surface area (TPSA) is 25.2 Å². The van der Waals surface area contributed by atoms with E-state index in [2.05, 4.69) is 74.9 Å². The molecule has 1 amide bonds. The summed E-state index contributed by atoms with van der Waals surface area (Å²) in [6.45, 7) is 9.81. The number of amides is 1. The Kier molecular flexibility index (Phi) is 6.35. The van der Waals surface area contributed by atoms with Crippen molar-refractivity contribution in [3.05, 3.63) is 94.8 Å². The van der Waals surface area contributed by atoms with Crippen molar-refractivity contribution in [3.8, 4) is 0 Å². The molecule has 0 saturated carbocycles. The number of carbonyl (C=O) groups is 1. The van der Waals surface area contributed by atoms with Gasteiger partial charge in [0.05, 0.1) is 6.54 Å². The van der Waals surface area contributed by atoms with Gasteiger partial charge in [-0.2, -0.15) is 0 Å². The first-order chi connectivity index (χ1) is 13.5. The van der Waals surface area contributed by atoms with Crippen LogP contribution >= 0.6 is 0 Å². The zero-order chi connectivity index (χ0) is 20.1. The molecule has 3 aromatic rings. The second-order valence-electron chi connectivity index (χ2n) is 7.69. The Labute approximate surface area is 168 Å². The number of hydrogen-bond donors (Lipinski definition) is 0. The van der Waals surface area contributed by atoms with Gasteiger partial charge in [-0.25, -0.2) is 0 Å². The third-order valence-corrected chi connectivity index (χ3v) is 5.18. The Morgan fingerprint density at radius 2 is 1.75 bits per heavy atom. The average Bonchev–Trinajstić information content (AvgIpc) is 3.12. The van der Waals surface area contributed by atoms with Gasteiger partial charge in [0, 0.05) is 30.0 Å². The summed E-state index contributed by atoms with van der Waals surface area (Å²) < 4.78 is 2.23. The van der Waals surface area contributed by atoms with Gasteiger partial charge in [0.1, 0.15) is 0 Å². The van der Waals surface area contributed by atoms with Crippen LogP contribution in [0.4, 0.5) is 0 Å². The Morgan fingerprint density at radius 3 is 2.39 bits per heavy atom. The van der Waals surface area contributed by atoms with E-state index < -0.39 is 0 Å². The van der Waals surface area contributed by atoms with Gasteiger partial charge in [0.2, 0.25) is 0 Å². The number of hydrogen-bond acceptors (Lipinski definition) is 1. The van der Waals surface area contributed by atoms with Crippen LogP contribution in [-0.4, -0.2) is 21.4 Å². The summed E-state index contributed by atoms with van der Waals surface area (Å²) in [6.07, 6.45) is 3.07. The molecule has 28 heavy (non-hydrogen) atoms. The Bertz CT molecular complexity index is 922. The van der Waals surface area contributed by atoms with E-state index in [9.17, 15) is 4.79 Å². The van der Waals surface area contributed by atoms with E-state index >= 15 is 0 Å². The van der Waals surface area contributed by atoms with Crippen molar-refractivity contribution in [1.82, 2.24) is 9.47 Å². The molecule has 3 rings (SSSR count). The lowest BCUT2D eigenvalue weighted by Gasteiger charge is -2.27. The van der Waals surface area contributed by atoms with E-state index in [0.29, 0.717) is 6.54 Å². The standard InChI is InChI=1S/C25H30N2O/c1-5-21-11-13-23(14-12-21)25(28)27(19(2)3)18-24-10-7-15-26(24)17-22-9-6-8-20(4)16-22/h6-16,19H,5,17-18H2,1-4H3. The summed E-state index contributed by atoms with van der Waals surface area (Å²) in [7, 11) is 0. The zero-order valence-electron chi connectivity index (χ0n) is 17.4. The van der Waals surface area contributed by atoms with Crippen LogP contribution < -0.4 is 0 Å². The molecule has 0 spiro atoms. The third kappa shape index (κ3) is 4.72. The van der Waals surface area contributed by atoms with Crippen molar-refractivity contribution in [2.45, 2.75) is 53.2 Å². The summed E-state index contributed by atoms with van der Waals surface area (Å²) in [5.41, 5.74) is 5.69. The number of rotatable bonds is 7. The number of nitrogens with zero attached hydrogens (tertiary/aromatic N) is 2. The fourth-order valence-corrected chi connectivity index (χ4v) is 3.47. The Morgan fingerprint density at radius 1 is 1.00 bits per heavy atom. The highest BCUT2D eigenvalue weighted by Crippen LogP contribution is 2.17. The van der Waals surface area contributed by atoms with Crippen molar-refractivity contribution < 1.29 is 4.79 Å². The predicted octanol–water partition coefficient (Wildman–Crippen LogP) is 5.46. The number of carbonyl (C=O) groups excluding carboxylic acids is 1. The normalized spacial score (nSPS) is 11.0. The molecular weight excluding hydrogens is 344 g/mol. The molecule has 0 saturated heterocycles. The van der Waals surface area contributed by atoms with E-state index in [1.807, 2.05) is 29.2 Å². The Hall–Kier alpha value is -2.81. The summed E-state index contributed by atoms with van der Waals surface area (Å²) in [5.74, 6) is 0.0842. The summed E-state index contributed by atoms with van der Waals surface area (Å²) in [5, 5.41) is 0. The van der Waals surface area contributed by atoms with E-state index in [0.717, 1.165) is 24.2 Å². The van der Waals surface area contributed by atoms with Gasteiger partial charge in [0.25, 0.3) is 5.91 Å². The molecule has 0 atom stereocenters. The van der Waals surface area contributed by atoms with Crippen LogP contribution in [0, 0.1) is 6.92 Å². The minimum atomic E-state index is 0.0842. The van der Waals surface area contributed by atoms with Gasteiger partial charge in [0.15, 0.2) is 0 Å². The minimum Gasteiger partial charge on any atom is -0.345 e. The summed E-state index contributed by atoms with van der Waals surface area (Å²) in [4.78, 5) is 15.1. The molecule has 0 aliphatic carbocycles. The molecule has 0 fully saturated rings. The quantitative estimate of drug-likeness (QED) is 0.539. The highest BCUT2D eigenvalue weighted by Gasteiger charge is 2.20. The van der Waals surface area contributed by atoms with Crippen molar-refractivity contribution in [1.29, 1.82) is 0 Å². The molecule has 0 aliphatic rings. The van der Waals surface area contributed by atoms with Crippen LogP contribution in [-0.2, 0) is 19.5 Å². The first-order valence-electron chi connectivity index (χ1n) is 10.1. The lowest BCUT2D eigenvalue weighted by molar-refractivity contribution is 0.0686. The van der Waals surface area contributed by atoms with Crippen molar-refractivity contribution >= 4 is 5.91 Å². The fraction of sp³-hybridized carbons (Fsp3) is 0.320. The molecule has 146 valence electrons. The van der Waals surface area contributed by atoms with Gasteiger partial charge in [-0.3, -0.25) is 4.79 Å². The van der Waals surface area contributed by atoms with Crippen LogP contribution in [0.5, 0.6) is 0 Å². The Balaban J connectivity index is 1.79. The molecule has 2 aromatic carbocycles. The maximum Gasteiger partial charge on any atom is 0.254 e. The average molecular weight is 375 g/mol. The van der Waals surface area contributed by atoms with Gasteiger partial charge in [-0.1, -0.05) is 48.9 Å². The molecule has 0 N–H and O–H groups in total. The maximum atomic E-state index is 13.1. The molecule has 1 heterocycles. The number of aryl methyl sites for hydroxylation is 2. The summed E-state index contributed by atoms with van der Waals surface area (Å²) in [6, 6.07) is 20.9. The predicted molar refractivity (Wildman–Crippen MR) is 116 cm³/mol. The second kappa shape index (κ2) is 8.92. The van der Waals surface area contributed by atoms with Crippen LogP contribution in [0.25, 0.3) is 0 Å². The first kappa shape index (κ1) is 19.9. The van der Waals surface area contributed by atoms with Crippen molar-refractivity contribution in [3.63, 3.8) is 0 Å². The lowest BCUT2D eigenvalue weighted by atomic mass is 10.1. The van der Waals surface area contributed by atoms with Gasteiger partial charge < -0.3 is 9.47 Å². The van der Waals surface area contributed by atoms with Gasteiger partial charge in [-0.15, -0.1) is 0 Å². The number of aromatic nitrogens is 1.